The van der Waals surface area contributed by atoms with Gasteiger partial charge in [0.1, 0.15) is 17.3 Å². The molecule has 4 aromatic rings. The molecule has 0 atom stereocenters. The van der Waals surface area contributed by atoms with Crippen LogP contribution < -0.4 is 9.47 Å². The molecule has 1 aromatic heterocycles. The Morgan fingerprint density at radius 2 is 1.63 bits per heavy atom. The largest absolute Gasteiger partial charge is 0.497 e. The van der Waals surface area contributed by atoms with Crippen molar-refractivity contribution in [2.75, 3.05) is 7.11 Å². The van der Waals surface area contributed by atoms with Crippen LogP contribution in [0.15, 0.2) is 71.1 Å². The third kappa shape index (κ3) is 3.40. The van der Waals surface area contributed by atoms with Crippen molar-refractivity contribution in [3.05, 3.63) is 78.2 Å². The van der Waals surface area contributed by atoms with E-state index in [0.717, 1.165) is 22.1 Å². The molecule has 0 amide bonds. The molecule has 0 saturated heterocycles. The Morgan fingerprint density at radius 1 is 0.926 bits per heavy atom. The van der Waals surface area contributed by atoms with Gasteiger partial charge < -0.3 is 13.9 Å². The Balaban J connectivity index is 1.61. The number of methoxy groups -OCH3 is 1. The number of benzene rings is 3. The monoisotopic (exact) mass is 359 g/mol. The second kappa shape index (κ2) is 6.96. The molecule has 0 fully saturated rings. The average molecular weight is 359 g/mol. The average Bonchev–Trinajstić information content (AvgIpc) is 3.10. The van der Waals surface area contributed by atoms with E-state index >= 15 is 0 Å². The van der Waals surface area contributed by atoms with Crippen LogP contribution in [0.4, 0.5) is 0 Å². The molecular formula is C22H17NO4. The van der Waals surface area contributed by atoms with Crippen LogP contribution in [0.5, 0.6) is 11.5 Å². The molecule has 0 saturated carbocycles. The first kappa shape index (κ1) is 16.8. The van der Waals surface area contributed by atoms with Crippen LogP contribution in [0.1, 0.15) is 16.2 Å². The molecule has 0 unspecified atom stereocenters. The van der Waals surface area contributed by atoms with Gasteiger partial charge in [0.05, 0.1) is 7.11 Å². The topological polar surface area (TPSA) is 61.6 Å². The third-order valence-electron chi connectivity index (χ3n) is 4.24. The molecule has 0 radical (unpaired) electrons. The predicted octanol–water partition coefficient (Wildman–Crippen LogP) is 5.03. The van der Waals surface area contributed by atoms with Gasteiger partial charge in [-0.05, 0) is 54.1 Å². The fourth-order valence-electron chi connectivity index (χ4n) is 2.84. The van der Waals surface area contributed by atoms with Crippen LogP contribution in [-0.2, 0) is 0 Å². The van der Waals surface area contributed by atoms with Gasteiger partial charge >= 0.3 is 5.97 Å². The molecule has 0 aliphatic carbocycles. The van der Waals surface area contributed by atoms with Gasteiger partial charge in [-0.15, -0.1) is 0 Å². The van der Waals surface area contributed by atoms with Crippen molar-refractivity contribution in [1.82, 2.24) is 4.98 Å². The minimum absolute atomic E-state index is 0.166. The minimum atomic E-state index is -0.555. The summed E-state index contributed by atoms with van der Waals surface area (Å²) in [7, 11) is 1.61. The van der Waals surface area contributed by atoms with Gasteiger partial charge in [-0.25, -0.2) is 9.78 Å². The highest BCUT2D eigenvalue weighted by Crippen LogP contribution is 2.26. The molecule has 0 N–H and O–H groups in total. The van der Waals surface area contributed by atoms with Crippen LogP contribution in [-0.4, -0.2) is 18.1 Å². The summed E-state index contributed by atoms with van der Waals surface area (Å²) in [4.78, 5) is 16.9. The lowest BCUT2D eigenvalue weighted by Gasteiger charge is -2.06. The summed E-state index contributed by atoms with van der Waals surface area (Å²) in [5.41, 5.74) is 0.969. The van der Waals surface area contributed by atoms with Crippen LogP contribution in [0.3, 0.4) is 0 Å². The van der Waals surface area contributed by atoms with Crippen LogP contribution in [0, 0.1) is 6.92 Å². The molecule has 1 heterocycles. The summed E-state index contributed by atoms with van der Waals surface area (Å²) < 4.78 is 16.4. The van der Waals surface area contributed by atoms with E-state index in [2.05, 4.69) is 4.98 Å². The van der Waals surface area contributed by atoms with Gasteiger partial charge in [0.15, 0.2) is 5.69 Å². The van der Waals surface area contributed by atoms with Crippen LogP contribution in [0.2, 0.25) is 0 Å². The number of aromatic nitrogens is 1. The Morgan fingerprint density at radius 3 is 2.37 bits per heavy atom. The molecule has 3 aromatic carbocycles. The van der Waals surface area contributed by atoms with Gasteiger partial charge in [0.25, 0.3) is 0 Å². The molecule has 4 rings (SSSR count). The number of nitrogens with zero attached hydrogens (tertiary/aromatic N) is 1. The van der Waals surface area contributed by atoms with Crippen LogP contribution in [0.25, 0.3) is 22.2 Å². The van der Waals surface area contributed by atoms with Crippen molar-refractivity contribution in [2.45, 2.75) is 6.92 Å². The van der Waals surface area contributed by atoms with Gasteiger partial charge in [-0.1, -0.05) is 30.3 Å². The van der Waals surface area contributed by atoms with Crippen molar-refractivity contribution in [1.29, 1.82) is 0 Å². The summed E-state index contributed by atoms with van der Waals surface area (Å²) in [6.45, 7) is 1.70. The maximum absolute atomic E-state index is 12.6. The van der Waals surface area contributed by atoms with Gasteiger partial charge in [-0.3, -0.25) is 0 Å². The van der Waals surface area contributed by atoms with Gasteiger partial charge in [-0.2, -0.15) is 0 Å². The molecule has 0 bridgehead atoms. The van der Waals surface area contributed by atoms with E-state index in [-0.39, 0.29) is 5.69 Å². The number of ether oxygens (including phenoxy) is 2. The van der Waals surface area contributed by atoms with Gasteiger partial charge in [0, 0.05) is 5.56 Å². The highest BCUT2D eigenvalue weighted by molar-refractivity contribution is 5.92. The lowest BCUT2D eigenvalue weighted by Crippen LogP contribution is -2.10. The molecule has 0 aliphatic heterocycles. The second-order valence-corrected chi connectivity index (χ2v) is 6.05. The van der Waals surface area contributed by atoms with E-state index in [4.69, 9.17) is 13.9 Å². The normalized spacial score (nSPS) is 10.7. The zero-order valence-corrected chi connectivity index (χ0v) is 14.9. The molecular weight excluding hydrogens is 342 g/mol. The predicted molar refractivity (Wildman–Crippen MR) is 102 cm³/mol. The second-order valence-electron chi connectivity index (χ2n) is 6.05. The fourth-order valence-corrected chi connectivity index (χ4v) is 2.84. The number of aryl methyl sites for hydroxylation is 1. The lowest BCUT2D eigenvalue weighted by atomic mass is 10.1. The number of carbonyl (C=O) groups excluding carboxylic acids is 1. The van der Waals surface area contributed by atoms with Crippen molar-refractivity contribution >= 4 is 16.7 Å². The first-order chi connectivity index (χ1) is 13.1. The molecule has 134 valence electrons. The molecule has 0 spiro atoms. The minimum Gasteiger partial charge on any atom is -0.497 e. The Hall–Kier alpha value is -3.60. The number of fused-ring (bicyclic) bond motifs is 1. The summed E-state index contributed by atoms with van der Waals surface area (Å²) in [5.74, 6) is 1.43. The molecule has 27 heavy (non-hydrogen) atoms. The summed E-state index contributed by atoms with van der Waals surface area (Å²) in [6, 6.07) is 20.6. The quantitative estimate of drug-likeness (QED) is 0.378. The Bertz CT molecular complexity index is 1120. The summed E-state index contributed by atoms with van der Waals surface area (Å²) >= 11 is 0. The number of oxazole rings is 1. The summed E-state index contributed by atoms with van der Waals surface area (Å²) in [6.07, 6.45) is 0. The highest BCUT2D eigenvalue weighted by Gasteiger charge is 2.20. The smallest absolute Gasteiger partial charge is 0.366 e. The highest BCUT2D eigenvalue weighted by atomic mass is 16.5. The summed E-state index contributed by atoms with van der Waals surface area (Å²) in [5, 5.41) is 1.95. The van der Waals surface area contributed by atoms with E-state index < -0.39 is 5.97 Å². The van der Waals surface area contributed by atoms with Crippen molar-refractivity contribution in [3.63, 3.8) is 0 Å². The fraction of sp³-hybridized carbons (Fsp3) is 0.0909. The SMILES string of the molecule is COc1ccc2ccc(OC(=O)c3nc(-c4ccccc4)oc3C)cc2c1. The zero-order chi connectivity index (χ0) is 18.8. The number of rotatable bonds is 4. The number of hydrogen-bond acceptors (Lipinski definition) is 5. The Kier molecular flexibility index (Phi) is 4.34. The van der Waals surface area contributed by atoms with E-state index in [9.17, 15) is 4.79 Å². The Labute approximate surface area is 156 Å². The van der Waals surface area contributed by atoms with E-state index in [1.54, 1.807) is 26.2 Å². The molecule has 5 nitrogen and oxygen atoms in total. The third-order valence-corrected chi connectivity index (χ3v) is 4.24. The van der Waals surface area contributed by atoms with Crippen molar-refractivity contribution < 1.29 is 18.7 Å². The van der Waals surface area contributed by atoms with E-state index in [1.165, 1.54) is 0 Å². The van der Waals surface area contributed by atoms with Gasteiger partial charge in [0.2, 0.25) is 5.89 Å². The van der Waals surface area contributed by atoms with E-state index in [1.807, 2.05) is 54.6 Å². The maximum Gasteiger partial charge on any atom is 0.366 e. The van der Waals surface area contributed by atoms with Crippen molar-refractivity contribution in [3.8, 4) is 23.0 Å². The standard InChI is InChI=1S/C22H17NO4/c1-14-20(23-21(26-14)16-6-4-3-5-7-16)22(24)27-19-11-9-15-8-10-18(25-2)12-17(15)13-19/h3-13H,1-2H3. The number of carbonyl (C=O) groups is 1. The van der Waals surface area contributed by atoms with E-state index in [0.29, 0.717) is 17.4 Å². The molecule has 0 aliphatic rings. The number of esters is 1. The first-order valence-electron chi connectivity index (χ1n) is 8.47. The number of hydrogen-bond donors (Lipinski definition) is 0. The maximum atomic E-state index is 12.6. The first-order valence-corrected chi connectivity index (χ1v) is 8.47. The van der Waals surface area contributed by atoms with Crippen molar-refractivity contribution in [2.24, 2.45) is 0 Å². The molecule has 5 heteroatoms. The van der Waals surface area contributed by atoms with Crippen LogP contribution >= 0.6 is 0 Å². The zero-order valence-electron chi connectivity index (χ0n) is 14.9. The lowest BCUT2D eigenvalue weighted by molar-refractivity contribution is 0.0728.